The lowest BCUT2D eigenvalue weighted by Crippen LogP contribution is -2.59. The van der Waals surface area contributed by atoms with Crippen LogP contribution in [0.2, 0.25) is 0 Å². The second-order valence-electron chi connectivity index (χ2n) is 14.6. The first-order valence-electron chi connectivity index (χ1n) is 15.8. The Balaban J connectivity index is 1.03. The van der Waals surface area contributed by atoms with E-state index in [1.54, 1.807) is 6.07 Å². The van der Waals surface area contributed by atoms with Crippen LogP contribution < -0.4 is 4.74 Å². The molecule has 0 unspecified atom stereocenters. The van der Waals surface area contributed by atoms with Gasteiger partial charge in [0, 0.05) is 51.1 Å². The number of fused-ring (bicyclic) bond motifs is 5. The van der Waals surface area contributed by atoms with Crippen LogP contribution in [0.5, 0.6) is 5.75 Å². The number of methoxy groups -OCH3 is 1. The van der Waals surface area contributed by atoms with Crippen LogP contribution in [-0.4, -0.2) is 66.1 Å². The van der Waals surface area contributed by atoms with Gasteiger partial charge in [-0.2, -0.15) is 13.2 Å². The zero-order valence-electron chi connectivity index (χ0n) is 24.9. The van der Waals surface area contributed by atoms with Gasteiger partial charge in [-0.15, -0.1) is 0 Å². The summed E-state index contributed by atoms with van der Waals surface area (Å²) in [6.07, 6.45) is 4.81. The number of alkyl halides is 3. The number of β-amino-alcohol motifs (C(OH)–C–C–N with tert-alkyl or cyclic N) is 1. The highest BCUT2D eigenvalue weighted by atomic mass is 19.4. The third-order valence-corrected chi connectivity index (χ3v) is 12.5. The third-order valence-electron chi connectivity index (χ3n) is 12.5. The summed E-state index contributed by atoms with van der Waals surface area (Å²) in [7, 11) is 1.28. The molecule has 0 radical (unpaired) electrons. The van der Waals surface area contributed by atoms with Crippen molar-refractivity contribution >= 4 is 5.78 Å². The zero-order chi connectivity index (χ0) is 29.2. The van der Waals surface area contributed by atoms with Crippen molar-refractivity contribution in [2.24, 2.45) is 34.5 Å². The van der Waals surface area contributed by atoms with E-state index in [-0.39, 0.29) is 16.6 Å². The largest absolute Gasteiger partial charge is 0.496 e. The van der Waals surface area contributed by atoms with Gasteiger partial charge in [0.1, 0.15) is 11.5 Å². The fraction of sp³-hybridized carbons (Fsp3) is 0.788. The number of piperazine rings is 1. The van der Waals surface area contributed by atoms with E-state index in [2.05, 4.69) is 23.6 Å². The SMILES string of the molecule is COc1cc(CN2CCN(C[C@@]3(O)CC[C@@]4(C)[C@@H](CC[C@@H]5[C@@H]4CC[C@]4(C)C(=O)CC[C@@H]54)C3)CC2)ccc1C(F)(F)F. The number of halogens is 3. The maximum absolute atomic E-state index is 13.2. The first kappa shape index (κ1) is 29.4. The summed E-state index contributed by atoms with van der Waals surface area (Å²) in [5.41, 5.74) is -0.403. The number of ether oxygens (including phenoxy) is 1. The first-order chi connectivity index (χ1) is 19.3. The minimum atomic E-state index is -4.43. The quantitative estimate of drug-likeness (QED) is 0.454. The number of aliphatic hydroxyl groups is 1. The number of Topliss-reactive ketones (excluding diaryl/α,β-unsaturated/α-hetero) is 1. The molecule has 0 spiro atoms. The maximum atomic E-state index is 13.2. The summed E-state index contributed by atoms with van der Waals surface area (Å²) in [6.45, 7) is 9.38. The molecule has 5 aliphatic rings. The van der Waals surface area contributed by atoms with Gasteiger partial charge in [0.05, 0.1) is 18.3 Å². The second kappa shape index (κ2) is 10.5. The molecule has 0 bridgehead atoms. The maximum Gasteiger partial charge on any atom is 0.419 e. The molecule has 41 heavy (non-hydrogen) atoms. The minimum absolute atomic E-state index is 0.0828. The van der Waals surface area contributed by atoms with Crippen LogP contribution in [0.15, 0.2) is 18.2 Å². The van der Waals surface area contributed by atoms with Crippen molar-refractivity contribution < 1.29 is 27.8 Å². The number of hydrogen-bond donors (Lipinski definition) is 1. The molecule has 1 aromatic rings. The number of nitrogens with zero attached hydrogens (tertiary/aromatic N) is 2. The van der Waals surface area contributed by atoms with Crippen LogP contribution in [-0.2, 0) is 17.5 Å². The molecule has 1 N–H and O–H groups in total. The molecule has 1 aliphatic heterocycles. The Hall–Kier alpha value is -1.64. The van der Waals surface area contributed by atoms with Crippen molar-refractivity contribution in [2.75, 3.05) is 39.8 Å². The average Bonchev–Trinajstić information content (AvgIpc) is 3.24. The first-order valence-corrected chi connectivity index (χ1v) is 15.8. The number of benzene rings is 1. The van der Waals surface area contributed by atoms with Gasteiger partial charge in [-0.05, 0) is 98.1 Å². The Labute approximate surface area is 242 Å². The number of rotatable bonds is 5. The molecule has 6 rings (SSSR count). The fourth-order valence-corrected chi connectivity index (χ4v) is 10.1. The second-order valence-corrected chi connectivity index (χ2v) is 14.6. The van der Waals surface area contributed by atoms with Crippen molar-refractivity contribution in [3.05, 3.63) is 29.3 Å². The van der Waals surface area contributed by atoms with Crippen molar-refractivity contribution in [1.82, 2.24) is 9.80 Å². The molecular formula is C33H47F3N2O3. The summed E-state index contributed by atoms with van der Waals surface area (Å²) in [6, 6.07) is 4.16. The van der Waals surface area contributed by atoms with E-state index in [9.17, 15) is 23.1 Å². The number of carbonyl (C=O) groups excluding carboxylic acids is 1. The van der Waals surface area contributed by atoms with Crippen molar-refractivity contribution in [3.8, 4) is 5.75 Å². The molecular weight excluding hydrogens is 529 g/mol. The molecule has 228 valence electrons. The average molecular weight is 577 g/mol. The molecule has 5 fully saturated rings. The van der Waals surface area contributed by atoms with Gasteiger partial charge in [0.15, 0.2) is 0 Å². The van der Waals surface area contributed by atoms with Crippen LogP contribution in [0.3, 0.4) is 0 Å². The summed E-state index contributed by atoms with van der Waals surface area (Å²) in [4.78, 5) is 17.4. The van der Waals surface area contributed by atoms with Crippen molar-refractivity contribution in [3.63, 3.8) is 0 Å². The number of ketones is 1. The standard InChI is InChI=1S/C33H47F3N2O3/c1-30-12-13-32(40,19-23(30)5-6-24-25-8-9-29(39)31(25,2)11-10-26(24)30)21-38-16-14-37(15-17-38)20-22-4-7-27(33(34,35)36)28(18-22)41-3/h4,7,18,23-26,40H,5-6,8-17,19-21H2,1-3H3/t23-,24-,25-,26-,30-,31-,32+/m0/s1. The van der Waals surface area contributed by atoms with E-state index in [4.69, 9.17) is 4.74 Å². The minimum Gasteiger partial charge on any atom is -0.496 e. The molecule has 1 aromatic carbocycles. The normalized spacial score (nSPS) is 40.1. The van der Waals surface area contributed by atoms with Gasteiger partial charge < -0.3 is 9.84 Å². The van der Waals surface area contributed by atoms with E-state index in [1.807, 2.05) is 0 Å². The molecule has 0 aromatic heterocycles. The van der Waals surface area contributed by atoms with Crippen LogP contribution in [0, 0.1) is 34.5 Å². The number of hydrogen-bond acceptors (Lipinski definition) is 5. The van der Waals surface area contributed by atoms with Crippen molar-refractivity contribution in [1.29, 1.82) is 0 Å². The topological polar surface area (TPSA) is 53.0 Å². The Morgan fingerprint density at radius 3 is 2.41 bits per heavy atom. The van der Waals surface area contributed by atoms with Gasteiger partial charge in [0.25, 0.3) is 0 Å². The van der Waals surface area contributed by atoms with E-state index >= 15 is 0 Å². The highest BCUT2D eigenvalue weighted by Crippen LogP contribution is 2.66. The van der Waals surface area contributed by atoms with Crippen LogP contribution >= 0.6 is 0 Å². The summed E-state index contributed by atoms with van der Waals surface area (Å²) in [5.74, 6) is 2.83. The fourth-order valence-electron chi connectivity index (χ4n) is 10.1. The van der Waals surface area contributed by atoms with Crippen molar-refractivity contribution in [2.45, 2.75) is 90.0 Å². The van der Waals surface area contributed by atoms with Crippen LogP contribution in [0.4, 0.5) is 13.2 Å². The molecule has 0 amide bonds. The van der Waals surface area contributed by atoms with Gasteiger partial charge >= 0.3 is 6.18 Å². The number of carbonyl (C=O) groups is 1. The lowest BCUT2D eigenvalue weighted by molar-refractivity contribution is -0.158. The molecule has 5 nitrogen and oxygen atoms in total. The van der Waals surface area contributed by atoms with E-state index in [0.717, 1.165) is 76.3 Å². The van der Waals surface area contributed by atoms with E-state index in [1.165, 1.54) is 32.4 Å². The van der Waals surface area contributed by atoms with Crippen LogP contribution in [0.25, 0.3) is 0 Å². The van der Waals surface area contributed by atoms with E-state index < -0.39 is 17.3 Å². The Bertz CT molecular complexity index is 1150. The predicted molar refractivity (Wildman–Crippen MR) is 151 cm³/mol. The Kier molecular flexibility index (Phi) is 7.55. The smallest absolute Gasteiger partial charge is 0.419 e. The molecule has 1 saturated heterocycles. The summed E-state index contributed by atoms with van der Waals surface area (Å²) in [5, 5.41) is 11.8. The van der Waals surface area contributed by atoms with Gasteiger partial charge in [0.2, 0.25) is 0 Å². The molecule has 4 saturated carbocycles. The molecule has 4 aliphatic carbocycles. The third kappa shape index (κ3) is 5.24. The molecule has 8 heteroatoms. The Morgan fingerprint density at radius 1 is 0.976 bits per heavy atom. The van der Waals surface area contributed by atoms with E-state index in [0.29, 0.717) is 42.5 Å². The Morgan fingerprint density at radius 2 is 1.71 bits per heavy atom. The highest BCUT2D eigenvalue weighted by molar-refractivity contribution is 5.87. The molecule has 7 atom stereocenters. The van der Waals surface area contributed by atoms with Gasteiger partial charge in [-0.1, -0.05) is 19.9 Å². The lowest BCUT2D eigenvalue weighted by Gasteiger charge is -2.61. The monoisotopic (exact) mass is 576 g/mol. The lowest BCUT2D eigenvalue weighted by atomic mass is 9.44. The zero-order valence-corrected chi connectivity index (χ0v) is 24.9. The highest BCUT2D eigenvalue weighted by Gasteiger charge is 2.61. The predicted octanol–water partition coefficient (Wildman–Crippen LogP) is 6.17. The summed E-state index contributed by atoms with van der Waals surface area (Å²) >= 11 is 0. The molecule has 1 heterocycles. The van der Waals surface area contributed by atoms with Gasteiger partial charge in [-0.3, -0.25) is 14.6 Å². The van der Waals surface area contributed by atoms with Gasteiger partial charge in [-0.25, -0.2) is 0 Å². The van der Waals surface area contributed by atoms with Crippen LogP contribution in [0.1, 0.15) is 82.8 Å². The summed E-state index contributed by atoms with van der Waals surface area (Å²) < 4.78 is 44.7.